The molecule has 0 saturated carbocycles. The van der Waals surface area contributed by atoms with Crippen LogP contribution in [0.15, 0.2) is 78.4 Å². The predicted octanol–water partition coefficient (Wildman–Crippen LogP) is 5.28. The lowest BCUT2D eigenvalue weighted by atomic mass is 9.69. The molecule has 0 aromatic heterocycles. The standard InChI is InChI=1S/C21H20/c1-3-7-16(8-4-1)13-20-14-19-12-11-18(20)15-21(19)17-9-5-2-6-10-17/h1-10,14-15,18-19H,11-13H2. The minimum absolute atomic E-state index is 0.621. The fraction of sp³-hybridized carbons (Fsp3) is 0.238. The quantitative estimate of drug-likeness (QED) is 0.667. The molecule has 0 aliphatic heterocycles. The van der Waals surface area contributed by atoms with Crippen LogP contribution in [0.25, 0.3) is 5.57 Å². The van der Waals surface area contributed by atoms with Crippen LogP contribution in [0.1, 0.15) is 24.0 Å². The zero-order valence-electron chi connectivity index (χ0n) is 12.2. The van der Waals surface area contributed by atoms with Crippen LogP contribution in [-0.2, 0) is 6.42 Å². The highest BCUT2D eigenvalue weighted by atomic mass is 14.3. The maximum Gasteiger partial charge on any atom is 0.00243 e. The zero-order chi connectivity index (χ0) is 14.1. The molecule has 21 heavy (non-hydrogen) atoms. The van der Waals surface area contributed by atoms with Crippen molar-refractivity contribution in [2.24, 2.45) is 11.8 Å². The maximum absolute atomic E-state index is 2.55. The van der Waals surface area contributed by atoms with E-state index in [4.69, 9.17) is 0 Å². The Morgan fingerprint density at radius 3 is 2.05 bits per heavy atom. The molecule has 5 rings (SSSR count). The van der Waals surface area contributed by atoms with E-state index in [0.717, 1.165) is 6.42 Å². The smallest absolute Gasteiger partial charge is 0.00243 e. The van der Waals surface area contributed by atoms with Crippen molar-refractivity contribution in [3.05, 3.63) is 89.5 Å². The van der Waals surface area contributed by atoms with Crippen molar-refractivity contribution in [2.45, 2.75) is 19.3 Å². The number of fused-ring (bicyclic) bond motifs is 1. The van der Waals surface area contributed by atoms with E-state index < -0.39 is 0 Å². The fourth-order valence-electron chi connectivity index (χ4n) is 3.75. The van der Waals surface area contributed by atoms with E-state index in [1.54, 1.807) is 11.1 Å². The van der Waals surface area contributed by atoms with Crippen LogP contribution < -0.4 is 0 Å². The number of rotatable bonds is 3. The molecule has 0 spiro atoms. The third kappa shape index (κ3) is 2.47. The van der Waals surface area contributed by atoms with Crippen LogP contribution in [0.4, 0.5) is 0 Å². The average Bonchev–Trinajstić information content (AvgIpc) is 2.57. The van der Waals surface area contributed by atoms with Crippen molar-refractivity contribution in [1.82, 2.24) is 0 Å². The van der Waals surface area contributed by atoms with Gasteiger partial charge in [-0.3, -0.25) is 0 Å². The molecule has 2 bridgehead atoms. The van der Waals surface area contributed by atoms with E-state index in [9.17, 15) is 0 Å². The van der Waals surface area contributed by atoms with Gasteiger partial charge in [0.05, 0.1) is 0 Å². The Hall–Kier alpha value is -2.08. The molecule has 0 heteroatoms. The highest BCUT2D eigenvalue weighted by Gasteiger charge is 2.30. The first-order chi connectivity index (χ1) is 10.4. The first kappa shape index (κ1) is 12.6. The SMILES string of the molecule is C1=C(Cc2ccccc2)C2C=C(c3ccccc3)C1CC2. The Bertz CT molecular complexity index is 676. The van der Waals surface area contributed by atoms with Crippen molar-refractivity contribution >= 4 is 5.57 Å². The van der Waals surface area contributed by atoms with Gasteiger partial charge >= 0.3 is 0 Å². The summed E-state index contributed by atoms with van der Waals surface area (Å²) < 4.78 is 0. The zero-order valence-corrected chi connectivity index (χ0v) is 12.2. The van der Waals surface area contributed by atoms with Gasteiger partial charge in [-0.2, -0.15) is 0 Å². The minimum atomic E-state index is 0.621. The van der Waals surface area contributed by atoms with Crippen LogP contribution in [-0.4, -0.2) is 0 Å². The Labute approximate surface area is 126 Å². The highest BCUT2D eigenvalue weighted by Crippen LogP contribution is 2.44. The van der Waals surface area contributed by atoms with Gasteiger partial charge in [0, 0.05) is 5.92 Å². The van der Waals surface area contributed by atoms with Crippen LogP contribution in [0, 0.1) is 11.8 Å². The fourth-order valence-corrected chi connectivity index (χ4v) is 3.75. The number of benzene rings is 2. The molecule has 0 radical (unpaired) electrons. The molecule has 3 aliphatic carbocycles. The first-order valence-corrected chi connectivity index (χ1v) is 7.92. The van der Waals surface area contributed by atoms with Gasteiger partial charge in [-0.1, -0.05) is 78.4 Å². The normalized spacial score (nSPS) is 23.6. The number of hydrogen-bond donors (Lipinski definition) is 0. The summed E-state index contributed by atoms with van der Waals surface area (Å²) in [6.45, 7) is 0. The Kier molecular flexibility index (Phi) is 3.23. The summed E-state index contributed by atoms with van der Waals surface area (Å²) in [5, 5.41) is 0. The summed E-state index contributed by atoms with van der Waals surface area (Å²) in [5.74, 6) is 1.27. The second kappa shape index (κ2) is 5.37. The second-order valence-corrected chi connectivity index (χ2v) is 6.18. The molecule has 0 amide bonds. The molecule has 2 aromatic rings. The van der Waals surface area contributed by atoms with Gasteiger partial charge in [0.25, 0.3) is 0 Å². The van der Waals surface area contributed by atoms with E-state index in [1.165, 1.54) is 24.0 Å². The summed E-state index contributed by atoms with van der Waals surface area (Å²) in [6, 6.07) is 21.7. The summed E-state index contributed by atoms with van der Waals surface area (Å²) in [7, 11) is 0. The molecular formula is C21H20. The van der Waals surface area contributed by atoms with Gasteiger partial charge in [0.1, 0.15) is 0 Å². The molecule has 3 aliphatic rings. The lowest BCUT2D eigenvalue weighted by molar-refractivity contribution is 0.509. The third-order valence-electron chi connectivity index (χ3n) is 4.82. The molecular weight excluding hydrogens is 252 g/mol. The predicted molar refractivity (Wildman–Crippen MR) is 88.9 cm³/mol. The molecule has 104 valence electrons. The summed E-state index contributed by atoms with van der Waals surface area (Å²) in [6.07, 6.45) is 8.81. The van der Waals surface area contributed by atoms with Gasteiger partial charge in [-0.25, -0.2) is 0 Å². The van der Waals surface area contributed by atoms with Gasteiger partial charge in [-0.05, 0) is 41.9 Å². The van der Waals surface area contributed by atoms with Crippen LogP contribution >= 0.6 is 0 Å². The van der Waals surface area contributed by atoms with E-state index in [1.807, 2.05) is 0 Å². The topological polar surface area (TPSA) is 0 Å². The maximum atomic E-state index is 2.55. The van der Waals surface area contributed by atoms with Crippen molar-refractivity contribution in [3.63, 3.8) is 0 Å². The highest BCUT2D eigenvalue weighted by molar-refractivity contribution is 5.72. The van der Waals surface area contributed by atoms with Gasteiger partial charge in [0.2, 0.25) is 0 Å². The summed E-state index contributed by atoms with van der Waals surface area (Å²) in [5.41, 5.74) is 6.01. The van der Waals surface area contributed by atoms with Crippen molar-refractivity contribution in [3.8, 4) is 0 Å². The Morgan fingerprint density at radius 2 is 1.38 bits per heavy atom. The molecule has 2 aromatic carbocycles. The first-order valence-electron chi connectivity index (χ1n) is 7.92. The lowest BCUT2D eigenvalue weighted by Crippen LogP contribution is -2.21. The lowest BCUT2D eigenvalue weighted by Gasteiger charge is -2.35. The summed E-state index contributed by atoms with van der Waals surface area (Å²) >= 11 is 0. The number of hydrogen-bond acceptors (Lipinski definition) is 0. The van der Waals surface area contributed by atoms with Gasteiger partial charge < -0.3 is 0 Å². The van der Waals surface area contributed by atoms with E-state index in [-0.39, 0.29) is 0 Å². The minimum Gasteiger partial charge on any atom is -0.0769 e. The van der Waals surface area contributed by atoms with Crippen LogP contribution in [0.3, 0.4) is 0 Å². The van der Waals surface area contributed by atoms with Crippen LogP contribution in [0.5, 0.6) is 0 Å². The largest absolute Gasteiger partial charge is 0.0769 e. The monoisotopic (exact) mass is 272 g/mol. The summed E-state index contributed by atoms with van der Waals surface area (Å²) in [4.78, 5) is 0. The molecule has 0 fully saturated rings. The Balaban J connectivity index is 1.60. The van der Waals surface area contributed by atoms with Crippen molar-refractivity contribution in [1.29, 1.82) is 0 Å². The molecule has 2 unspecified atom stereocenters. The van der Waals surface area contributed by atoms with E-state index in [0.29, 0.717) is 11.8 Å². The molecule has 0 saturated heterocycles. The van der Waals surface area contributed by atoms with Gasteiger partial charge in [-0.15, -0.1) is 0 Å². The second-order valence-electron chi connectivity index (χ2n) is 6.18. The molecule has 0 nitrogen and oxygen atoms in total. The number of allylic oxidation sites excluding steroid dienone is 4. The molecule has 0 N–H and O–H groups in total. The van der Waals surface area contributed by atoms with Crippen molar-refractivity contribution in [2.75, 3.05) is 0 Å². The Morgan fingerprint density at radius 1 is 0.714 bits per heavy atom. The molecule has 2 atom stereocenters. The van der Waals surface area contributed by atoms with E-state index >= 15 is 0 Å². The average molecular weight is 272 g/mol. The molecule has 0 heterocycles. The van der Waals surface area contributed by atoms with Crippen LogP contribution in [0.2, 0.25) is 0 Å². The van der Waals surface area contributed by atoms with Crippen molar-refractivity contribution < 1.29 is 0 Å². The van der Waals surface area contributed by atoms with Gasteiger partial charge in [0.15, 0.2) is 0 Å². The third-order valence-corrected chi connectivity index (χ3v) is 4.82. The van der Waals surface area contributed by atoms with E-state index in [2.05, 4.69) is 72.8 Å².